The van der Waals surface area contributed by atoms with Crippen molar-refractivity contribution in [3.8, 4) is 0 Å². The molecule has 1 unspecified atom stereocenters. The molecule has 0 radical (unpaired) electrons. The molecule has 0 aromatic heterocycles. The number of carbonyl (C=O) groups is 2. The molecular formula is C17H19NO4. The summed E-state index contributed by atoms with van der Waals surface area (Å²) in [5.41, 5.74) is 2.45. The lowest BCUT2D eigenvalue weighted by Crippen LogP contribution is -2.36. The fourth-order valence-corrected chi connectivity index (χ4v) is 2.86. The van der Waals surface area contributed by atoms with E-state index < -0.39 is 23.8 Å². The average molecular weight is 301 g/mol. The lowest BCUT2D eigenvalue weighted by molar-refractivity contribution is -0.143. The second kappa shape index (κ2) is 6.56. The molecule has 1 aliphatic rings. The third-order valence-electron chi connectivity index (χ3n) is 3.85. The first-order valence-electron chi connectivity index (χ1n) is 6.98. The highest BCUT2D eigenvalue weighted by molar-refractivity contribution is 6.06. The SMILES string of the molecule is COC(=O)C1=C(C)N=C(C)C(C(=O)OC)[C@@H]1c1ccccc1. The van der Waals surface area contributed by atoms with E-state index >= 15 is 0 Å². The van der Waals surface area contributed by atoms with Gasteiger partial charge in [0.15, 0.2) is 0 Å². The molecule has 0 saturated carbocycles. The Labute approximate surface area is 129 Å². The largest absolute Gasteiger partial charge is 0.468 e. The van der Waals surface area contributed by atoms with Gasteiger partial charge in [-0.1, -0.05) is 30.3 Å². The van der Waals surface area contributed by atoms with Gasteiger partial charge in [-0.15, -0.1) is 0 Å². The average Bonchev–Trinajstić information content (AvgIpc) is 2.53. The number of methoxy groups -OCH3 is 2. The Morgan fingerprint density at radius 1 is 1.05 bits per heavy atom. The molecule has 0 spiro atoms. The molecule has 1 aromatic rings. The number of aliphatic imine (C=N–C) groups is 1. The first-order chi connectivity index (χ1) is 10.5. The Morgan fingerprint density at radius 3 is 2.23 bits per heavy atom. The van der Waals surface area contributed by atoms with Crippen LogP contribution in [-0.4, -0.2) is 31.9 Å². The van der Waals surface area contributed by atoms with Gasteiger partial charge < -0.3 is 9.47 Å². The summed E-state index contributed by atoms with van der Waals surface area (Å²) < 4.78 is 9.80. The number of nitrogens with zero attached hydrogens (tertiary/aromatic N) is 1. The molecule has 0 fully saturated rings. The molecule has 5 nitrogen and oxygen atoms in total. The Morgan fingerprint density at radius 2 is 1.68 bits per heavy atom. The molecule has 5 heteroatoms. The fraction of sp³-hybridized carbons (Fsp3) is 0.353. The van der Waals surface area contributed by atoms with Crippen molar-refractivity contribution in [3.05, 3.63) is 47.2 Å². The van der Waals surface area contributed by atoms with Crippen LogP contribution >= 0.6 is 0 Å². The number of hydrogen-bond donors (Lipinski definition) is 0. The summed E-state index contributed by atoms with van der Waals surface area (Å²) in [5.74, 6) is -1.98. The van der Waals surface area contributed by atoms with Crippen LogP contribution in [0.2, 0.25) is 0 Å². The quantitative estimate of drug-likeness (QED) is 0.805. The number of allylic oxidation sites excluding steroid dienone is 1. The van der Waals surface area contributed by atoms with Crippen molar-refractivity contribution in [1.82, 2.24) is 0 Å². The molecule has 1 heterocycles. The zero-order valence-electron chi connectivity index (χ0n) is 13.1. The number of rotatable bonds is 3. The van der Waals surface area contributed by atoms with Crippen LogP contribution in [0.4, 0.5) is 0 Å². The van der Waals surface area contributed by atoms with E-state index in [0.29, 0.717) is 17.0 Å². The molecule has 116 valence electrons. The summed E-state index contributed by atoms with van der Waals surface area (Å²) in [7, 11) is 2.66. The van der Waals surface area contributed by atoms with E-state index in [2.05, 4.69) is 4.99 Å². The fourth-order valence-electron chi connectivity index (χ4n) is 2.86. The molecular weight excluding hydrogens is 282 g/mol. The van der Waals surface area contributed by atoms with Crippen LogP contribution in [0.3, 0.4) is 0 Å². The molecule has 0 N–H and O–H groups in total. The molecule has 0 bridgehead atoms. The van der Waals surface area contributed by atoms with Crippen molar-refractivity contribution in [2.75, 3.05) is 14.2 Å². The third kappa shape index (κ3) is 2.79. The van der Waals surface area contributed by atoms with Gasteiger partial charge in [0.2, 0.25) is 0 Å². The summed E-state index contributed by atoms with van der Waals surface area (Å²) in [6, 6.07) is 9.39. The summed E-state index contributed by atoms with van der Waals surface area (Å²) in [4.78, 5) is 28.8. The van der Waals surface area contributed by atoms with Crippen molar-refractivity contribution >= 4 is 17.7 Å². The Bertz CT molecular complexity index is 646. The van der Waals surface area contributed by atoms with Crippen LogP contribution in [0.5, 0.6) is 0 Å². The van der Waals surface area contributed by atoms with Crippen molar-refractivity contribution in [2.24, 2.45) is 10.9 Å². The lowest BCUT2D eigenvalue weighted by Gasteiger charge is -2.31. The number of carbonyl (C=O) groups excluding carboxylic acids is 2. The topological polar surface area (TPSA) is 65.0 Å². The maximum absolute atomic E-state index is 12.2. The summed E-state index contributed by atoms with van der Waals surface area (Å²) in [6.07, 6.45) is 0. The van der Waals surface area contributed by atoms with Crippen molar-refractivity contribution in [2.45, 2.75) is 19.8 Å². The van der Waals surface area contributed by atoms with Gasteiger partial charge in [-0.3, -0.25) is 9.79 Å². The maximum Gasteiger partial charge on any atom is 0.336 e. The van der Waals surface area contributed by atoms with E-state index in [1.54, 1.807) is 13.8 Å². The molecule has 1 aliphatic heterocycles. The highest BCUT2D eigenvalue weighted by Gasteiger charge is 2.41. The van der Waals surface area contributed by atoms with Crippen molar-refractivity contribution < 1.29 is 19.1 Å². The molecule has 1 aromatic carbocycles. The first-order valence-corrected chi connectivity index (χ1v) is 6.98. The molecule has 0 aliphatic carbocycles. The van der Waals surface area contributed by atoms with E-state index in [1.165, 1.54) is 14.2 Å². The third-order valence-corrected chi connectivity index (χ3v) is 3.85. The predicted molar refractivity (Wildman–Crippen MR) is 82.5 cm³/mol. The van der Waals surface area contributed by atoms with Crippen LogP contribution in [-0.2, 0) is 19.1 Å². The van der Waals surface area contributed by atoms with Crippen LogP contribution in [0.25, 0.3) is 0 Å². The van der Waals surface area contributed by atoms with Gasteiger partial charge in [-0.2, -0.15) is 0 Å². The summed E-state index contributed by atoms with van der Waals surface area (Å²) >= 11 is 0. The van der Waals surface area contributed by atoms with Gasteiger partial charge >= 0.3 is 11.9 Å². The van der Waals surface area contributed by atoms with E-state index in [-0.39, 0.29) is 0 Å². The minimum Gasteiger partial charge on any atom is -0.468 e. The summed E-state index contributed by atoms with van der Waals surface area (Å²) in [5, 5.41) is 0. The van der Waals surface area contributed by atoms with Crippen LogP contribution < -0.4 is 0 Å². The van der Waals surface area contributed by atoms with Crippen LogP contribution in [0.1, 0.15) is 25.3 Å². The zero-order valence-corrected chi connectivity index (χ0v) is 13.1. The monoisotopic (exact) mass is 301 g/mol. The molecule has 0 saturated heterocycles. The minimum absolute atomic E-state index is 0.398. The molecule has 0 amide bonds. The number of ether oxygens (including phenoxy) is 2. The van der Waals surface area contributed by atoms with Crippen LogP contribution in [0.15, 0.2) is 46.6 Å². The highest BCUT2D eigenvalue weighted by atomic mass is 16.5. The van der Waals surface area contributed by atoms with Gasteiger partial charge in [0, 0.05) is 17.3 Å². The lowest BCUT2D eigenvalue weighted by atomic mass is 9.75. The first kappa shape index (κ1) is 15.9. The van der Waals surface area contributed by atoms with Gasteiger partial charge in [0.25, 0.3) is 0 Å². The van der Waals surface area contributed by atoms with Crippen LogP contribution in [0, 0.1) is 5.92 Å². The van der Waals surface area contributed by atoms with Gasteiger partial charge in [0.05, 0.1) is 19.8 Å². The van der Waals surface area contributed by atoms with Gasteiger partial charge in [-0.25, -0.2) is 4.79 Å². The summed E-state index contributed by atoms with van der Waals surface area (Å²) in [6.45, 7) is 3.52. The maximum atomic E-state index is 12.2. The number of hydrogen-bond acceptors (Lipinski definition) is 5. The second-order valence-corrected chi connectivity index (χ2v) is 5.13. The highest BCUT2D eigenvalue weighted by Crippen LogP contribution is 2.39. The van der Waals surface area contributed by atoms with E-state index in [9.17, 15) is 9.59 Å². The minimum atomic E-state index is -0.634. The van der Waals surface area contributed by atoms with Gasteiger partial charge in [-0.05, 0) is 19.4 Å². The molecule has 22 heavy (non-hydrogen) atoms. The normalized spacial score (nSPS) is 21.2. The number of esters is 2. The molecule has 2 atom stereocenters. The Kier molecular flexibility index (Phi) is 4.75. The standard InChI is InChI=1S/C17H19NO4/c1-10-13(16(19)21-3)15(12-8-6-5-7-9-12)14(11(2)18-10)17(20)22-4/h5-9,13,15H,1-4H3/t13?,15-/m0/s1. The van der Waals surface area contributed by atoms with E-state index in [0.717, 1.165) is 5.56 Å². The smallest absolute Gasteiger partial charge is 0.336 e. The Balaban J connectivity index is 2.64. The van der Waals surface area contributed by atoms with Gasteiger partial charge in [0.1, 0.15) is 5.92 Å². The van der Waals surface area contributed by atoms with E-state index in [1.807, 2.05) is 30.3 Å². The molecule has 2 rings (SSSR count). The van der Waals surface area contributed by atoms with Crippen molar-refractivity contribution in [1.29, 1.82) is 0 Å². The Hall–Kier alpha value is -2.43. The number of benzene rings is 1. The second-order valence-electron chi connectivity index (χ2n) is 5.13. The predicted octanol–water partition coefficient (Wildman–Crippen LogP) is 2.48. The van der Waals surface area contributed by atoms with E-state index in [4.69, 9.17) is 9.47 Å². The zero-order chi connectivity index (χ0) is 16.3. The van der Waals surface area contributed by atoms with Crippen molar-refractivity contribution in [3.63, 3.8) is 0 Å².